The smallest absolute Gasteiger partial charge is 0.325 e. The molecule has 0 aliphatic heterocycles. The fourth-order valence-electron chi connectivity index (χ4n) is 1.28. The SMILES string of the molecule is Cc1ccc(NC(=O)C(C)(C)Br)cc1C(F)(F)F. The Morgan fingerprint density at radius 2 is 1.83 bits per heavy atom. The van der Waals surface area contributed by atoms with Crippen LogP contribution in [-0.2, 0) is 11.0 Å². The maximum absolute atomic E-state index is 12.7. The standard InChI is InChI=1S/C12H13BrF3NO/c1-7-4-5-8(6-9(7)12(14,15)16)17-10(18)11(2,3)13/h4-6H,1-3H3,(H,17,18). The minimum Gasteiger partial charge on any atom is -0.325 e. The number of carbonyl (C=O) groups excluding carboxylic acids is 1. The van der Waals surface area contributed by atoms with Crippen molar-refractivity contribution in [2.45, 2.75) is 31.3 Å². The molecule has 0 aromatic heterocycles. The molecule has 0 bridgehead atoms. The number of nitrogens with one attached hydrogen (secondary N) is 1. The van der Waals surface area contributed by atoms with E-state index in [-0.39, 0.29) is 11.3 Å². The molecule has 0 radical (unpaired) electrons. The second kappa shape index (κ2) is 4.91. The minimum atomic E-state index is -4.42. The Kier molecular flexibility index (Phi) is 4.10. The van der Waals surface area contributed by atoms with E-state index < -0.39 is 22.0 Å². The molecule has 18 heavy (non-hydrogen) atoms. The molecule has 1 aromatic carbocycles. The van der Waals surface area contributed by atoms with Crippen molar-refractivity contribution in [1.82, 2.24) is 0 Å². The Morgan fingerprint density at radius 1 is 1.28 bits per heavy atom. The summed E-state index contributed by atoms with van der Waals surface area (Å²) in [6.07, 6.45) is -4.42. The van der Waals surface area contributed by atoms with Crippen LogP contribution in [0.2, 0.25) is 0 Å². The summed E-state index contributed by atoms with van der Waals surface area (Å²) in [5.41, 5.74) is -0.489. The van der Waals surface area contributed by atoms with Crippen LogP contribution in [0.1, 0.15) is 25.0 Å². The van der Waals surface area contributed by atoms with Crippen LogP contribution in [-0.4, -0.2) is 10.2 Å². The summed E-state index contributed by atoms with van der Waals surface area (Å²) in [4.78, 5) is 11.6. The van der Waals surface area contributed by atoms with Gasteiger partial charge in [0.15, 0.2) is 0 Å². The summed E-state index contributed by atoms with van der Waals surface area (Å²) in [5.74, 6) is -0.403. The maximum atomic E-state index is 12.7. The van der Waals surface area contributed by atoms with E-state index in [2.05, 4.69) is 21.2 Å². The third kappa shape index (κ3) is 3.73. The molecule has 0 saturated heterocycles. The normalized spacial score (nSPS) is 12.4. The van der Waals surface area contributed by atoms with E-state index in [4.69, 9.17) is 0 Å². The van der Waals surface area contributed by atoms with Gasteiger partial charge in [0.1, 0.15) is 0 Å². The van der Waals surface area contributed by atoms with E-state index >= 15 is 0 Å². The number of aryl methyl sites for hydroxylation is 1. The average molecular weight is 324 g/mol. The topological polar surface area (TPSA) is 29.1 Å². The molecular weight excluding hydrogens is 311 g/mol. The van der Waals surface area contributed by atoms with Crippen LogP contribution in [0.15, 0.2) is 18.2 Å². The lowest BCUT2D eigenvalue weighted by Crippen LogP contribution is -2.31. The molecule has 0 fully saturated rings. The fourth-order valence-corrected chi connectivity index (χ4v) is 1.38. The lowest BCUT2D eigenvalue weighted by Gasteiger charge is -2.17. The molecule has 0 heterocycles. The molecule has 1 amide bonds. The van der Waals surface area contributed by atoms with Crippen LogP contribution in [0, 0.1) is 6.92 Å². The summed E-state index contributed by atoms with van der Waals surface area (Å²) < 4.78 is 37.2. The highest BCUT2D eigenvalue weighted by Gasteiger charge is 2.33. The first-order valence-corrected chi connectivity index (χ1v) is 5.99. The van der Waals surface area contributed by atoms with Crippen LogP contribution in [0.4, 0.5) is 18.9 Å². The number of carbonyl (C=O) groups is 1. The van der Waals surface area contributed by atoms with E-state index in [1.807, 2.05) is 0 Å². The minimum absolute atomic E-state index is 0.124. The van der Waals surface area contributed by atoms with Gasteiger partial charge in [-0.2, -0.15) is 13.2 Å². The van der Waals surface area contributed by atoms with Crippen molar-refractivity contribution in [1.29, 1.82) is 0 Å². The molecule has 0 aliphatic carbocycles. The predicted molar refractivity (Wildman–Crippen MR) is 67.8 cm³/mol. The number of anilines is 1. The maximum Gasteiger partial charge on any atom is 0.416 e. The third-order valence-electron chi connectivity index (χ3n) is 2.34. The highest BCUT2D eigenvalue weighted by Crippen LogP contribution is 2.33. The first-order chi connectivity index (χ1) is 8.01. The number of hydrogen-bond donors (Lipinski definition) is 1. The quantitative estimate of drug-likeness (QED) is 0.815. The summed E-state index contributed by atoms with van der Waals surface area (Å²) in [6, 6.07) is 3.72. The van der Waals surface area contributed by atoms with E-state index in [0.717, 1.165) is 6.07 Å². The Hall–Kier alpha value is -1.04. The molecule has 1 N–H and O–H groups in total. The molecular formula is C12H13BrF3NO. The summed E-state index contributed by atoms with van der Waals surface area (Å²) in [7, 11) is 0. The van der Waals surface area contributed by atoms with Gasteiger partial charge >= 0.3 is 6.18 Å². The lowest BCUT2D eigenvalue weighted by molar-refractivity contribution is -0.138. The second-order valence-corrected chi connectivity index (χ2v) is 6.44. The predicted octanol–water partition coefficient (Wildman–Crippen LogP) is 4.13. The van der Waals surface area contributed by atoms with Crippen LogP contribution in [0.3, 0.4) is 0 Å². The van der Waals surface area contributed by atoms with E-state index in [9.17, 15) is 18.0 Å². The zero-order valence-electron chi connectivity index (χ0n) is 10.2. The van der Waals surface area contributed by atoms with E-state index in [1.165, 1.54) is 19.1 Å². The molecule has 1 rings (SSSR count). The van der Waals surface area contributed by atoms with Gasteiger partial charge in [-0.25, -0.2) is 0 Å². The van der Waals surface area contributed by atoms with Crippen LogP contribution >= 0.6 is 15.9 Å². The monoisotopic (exact) mass is 323 g/mol. The average Bonchev–Trinajstić information content (AvgIpc) is 2.17. The Morgan fingerprint density at radius 3 is 2.28 bits per heavy atom. The molecule has 100 valence electrons. The molecule has 0 atom stereocenters. The molecule has 0 unspecified atom stereocenters. The number of benzene rings is 1. The van der Waals surface area contributed by atoms with Crippen molar-refractivity contribution in [3.8, 4) is 0 Å². The summed E-state index contributed by atoms with van der Waals surface area (Å²) in [6.45, 7) is 4.60. The number of amides is 1. The lowest BCUT2D eigenvalue weighted by atomic mass is 10.1. The molecule has 0 aliphatic rings. The van der Waals surface area contributed by atoms with Gasteiger partial charge < -0.3 is 5.32 Å². The largest absolute Gasteiger partial charge is 0.416 e. The van der Waals surface area contributed by atoms with E-state index in [1.54, 1.807) is 13.8 Å². The number of hydrogen-bond acceptors (Lipinski definition) is 1. The van der Waals surface area contributed by atoms with E-state index in [0.29, 0.717) is 0 Å². The highest BCUT2D eigenvalue weighted by molar-refractivity contribution is 9.10. The zero-order chi connectivity index (χ0) is 14.1. The van der Waals surface area contributed by atoms with Gasteiger partial charge in [0, 0.05) is 5.69 Å². The number of rotatable bonds is 2. The number of alkyl halides is 4. The highest BCUT2D eigenvalue weighted by atomic mass is 79.9. The molecule has 6 heteroatoms. The molecule has 1 aromatic rings. The van der Waals surface area contributed by atoms with Gasteiger partial charge in [-0.15, -0.1) is 0 Å². The Bertz CT molecular complexity index is 463. The summed E-state index contributed by atoms with van der Waals surface area (Å²) in [5, 5.41) is 2.44. The fraction of sp³-hybridized carbons (Fsp3) is 0.417. The third-order valence-corrected chi connectivity index (χ3v) is 2.70. The van der Waals surface area contributed by atoms with Crippen molar-refractivity contribution in [3.05, 3.63) is 29.3 Å². The van der Waals surface area contributed by atoms with Gasteiger partial charge in [-0.3, -0.25) is 4.79 Å². The van der Waals surface area contributed by atoms with Crippen molar-refractivity contribution >= 4 is 27.5 Å². The van der Waals surface area contributed by atoms with Gasteiger partial charge in [-0.1, -0.05) is 22.0 Å². The van der Waals surface area contributed by atoms with Crippen LogP contribution < -0.4 is 5.32 Å². The van der Waals surface area contributed by atoms with Gasteiger partial charge in [-0.05, 0) is 38.5 Å². The zero-order valence-corrected chi connectivity index (χ0v) is 11.7. The second-order valence-electron chi connectivity index (χ2n) is 4.45. The van der Waals surface area contributed by atoms with Crippen LogP contribution in [0.25, 0.3) is 0 Å². The van der Waals surface area contributed by atoms with Crippen molar-refractivity contribution in [2.75, 3.05) is 5.32 Å². The molecule has 0 spiro atoms. The van der Waals surface area contributed by atoms with Gasteiger partial charge in [0.05, 0.1) is 9.89 Å². The first-order valence-electron chi connectivity index (χ1n) is 5.20. The van der Waals surface area contributed by atoms with Crippen molar-refractivity contribution in [2.24, 2.45) is 0 Å². The number of halogens is 4. The molecule has 2 nitrogen and oxygen atoms in total. The van der Waals surface area contributed by atoms with Crippen LogP contribution in [0.5, 0.6) is 0 Å². The van der Waals surface area contributed by atoms with Crippen molar-refractivity contribution in [3.63, 3.8) is 0 Å². The van der Waals surface area contributed by atoms with Crippen molar-refractivity contribution < 1.29 is 18.0 Å². The summed E-state index contributed by atoms with van der Waals surface area (Å²) >= 11 is 3.14. The van der Waals surface area contributed by atoms with Gasteiger partial charge in [0.25, 0.3) is 0 Å². The Labute approximate surface area is 112 Å². The molecule has 0 saturated carbocycles. The first kappa shape index (κ1) is 15.0. The van der Waals surface area contributed by atoms with Gasteiger partial charge in [0.2, 0.25) is 5.91 Å². The Balaban J connectivity index is 3.04.